The number of halogens is 2. The van der Waals surface area contributed by atoms with E-state index in [1.807, 2.05) is 0 Å². The molecule has 124 valence electrons. The molecule has 3 rings (SSSR count). The van der Waals surface area contributed by atoms with E-state index >= 15 is 0 Å². The third kappa shape index (κ3) is 2.87. The standard InChI is InChI=1S/C14H15F2N3O3S/c15-10-5-11(9-20)19(7-10)23(21,22)12-6-17-18(8-12)14-4-2-1-3-13(14)16/h1-4,6,8,10-11,20H,5,7,9H2/t10-,11-/m0/s1. The lowest BCUT2D eigenvalue weighted by atomic mass is 10.2. The predicted molar refractivity (Wildman–Crippen MR) is 77.8 cm³/mol. The second-order valence-corrected chi connectivity index (χ2v) is 7.21. The van der Waals surface area contributed by atoms with Crippen LogP contribution in [0.5, 0.6) is 0 Å². The molecule has 23 heavy (non-hydrogen) atoms. The summed E-state index contributed by atoms with van der Waals surface area (Å²) in [5.41, 5.74) is 0.109. The molecule has 0 radical (unpaired) electrons. The van der Waals surface area contributed by atoms with E-state index in [1.54, 1.807) is 6.07 Å². The molecule has 1 aromatic carbocycles. The van der Waals surface area contributed by atoms with Gasteiger partial charge in [-0.25, -0.2) is 21.9 Å². The van der Waals surface area contributed by atoms with Crippen molar-refractivity contribution in [1.29, 1.82) is 0 Å². The van der Waals surface area contributed by atoms with Crippen molar-refractivity contribution in [2.45, 2.75) is 23.5 Å². The fourth-order valence-electron chi connectivity index (χ4n) is 2.64. The fourth-order valence-corrected chi connectivity index (χ4v) is 4.22. The van der Waals surface area contributed by atoms with Gasteiger partial charge in [-0.05, 0) is 18.6 Å². The van der Waals surface area contributed by atoms with E-state index in [1.165, 1.54) is 24.4 Å². The summed E-state index contributed by atoms with van der Waals surface area (Å²) in [5.74, 6) is -0.544. The molecule has 2 heterocycles. The first-order chi connectivity index (χ1) is 10.9. The number of hydrogen-bond acceptors (Lipinski definition) is 4. The van der Waals surface area contributed by atoms with Gasteiger partial charge < -0.3 is 5.11 Å². The molecule has 1 aromatic heterocycles. The average Bonchev–Trinajstić information content (AvgIpc) is 3.14. The summed E-state index contributed by atoms with van der Waals surface area (Å²) in [7, 11) is -4.01. The van der Waals surface area contributed by atoms with E-state index in [2.05, 4.69) is 5.10 Å². The van der Waals surface area contributed by atoms with Gasteiger partial charge in [0, 0.05) is 6.54 Å². The molecule has 2 aromatic rings. The van der Waals surface area contributed by atoms with Gasteiger partial charge >= 0.3 is 0 Å². The van der Waals surface area contributed by atoms with Gasteiger partial charge in [-0.1, -0.05) is 12.1 Å². The average molecular weight is 343 g/mol. The minimum atomic E-state index is -4.01. The lowest BCUT2D eigenvalue weighted by Gasteiger charge is -2.20. The van der Waals surface area contributed by atoms with Crippen molar-refractivity contribution in [3.05, 3.63) is 42.5 Å². The predicted octanol–water partition coefficient (Wildman–Crippen LogP) is 1.10. The number of benzene rings is 1. The van der Waals surface area contributed by atoms with Gasteiger partial charge in [0.2, 0.25) is 10.0 Å². The molecule has 1 aliphatic heterocycles. The topological polar surface area (TPSA) is 75.4 Å². The van der Waals surface area contributed by atoms with Crippen LogP contribution in [0, 0.1) is 5.82 Å². The van der Waals surface area contributed by atoms with Crippen LogP contribution >= 0.6 is 0 Å². The first-order valence-electron chi connectivity index (χ1n) is 7.00. The highest BCUT2D eigenvalue weighted by Gasteiger charge is 2.40. The number of rotatable bonds is 4. The van der Waals surface area contributed by atoms with Crippen LogP contribution in [0.25, 0.3) is 5.69 Å². The monoisotopic (exact) mass is 343 g/mol. The summed E-state index contributed by atoms with van der Waals surface area (Å²) in [5, 5.41) is 13.1. The minimum absolute atomic E-state index is 0.0445. The number of aliphatic hydroxyl groups excluding tert-OH is 1. The van der Waals surface area contributed by atoms with E-state index < -0.39 is 34.7 Å². The summed E-state index contributed by atoms with van der Waals surface area (Å²) in [6, 6.07) is 5.01. The zero-order valence-electron chi connectivity index (χ0n) is 12.0. The highest BCUT2D eigenvalue weighted by molar-refractivity contribution is 7.89. The maximum atomic E-state index is 13.7. The van der Waals surface area contributed by atoms with Gasteiger partial charge in [-0.2, -0.15) is 9.40 Å². The SMILES string of the molecule is O=S(=O)(c1cnn(-c2ccccc2F)c1)N1C[C@@H](F)C[C@H]1CO. The smallest absolute Gasteiger partial charge is 0.246 e. The van der Waals surface area contributed by atoms with Gasteiger partial charge in [-0.15, -0.1) is 0 Å². The third-order valence-corrected chi connectivity index (χ3v) is 5.66. The van der Waals surface area contributed by atoms with Crippen LogP contribution in [0.15, 0.2) is 41.6 Å². The maximum absolute atomic E-state index is 13.7. The van der Waals surface area contributed by atoms with Crippen molar-refractivity contribution >= 4 is 10.0 Å². The Kier molecular flexibility index (Phi) is 4.17. The van der Waals surface area contributed by atoms with Crippen LogP contribution in [0.3, 0.4) is 0 Å². The van der Waals surface area contributed by atoms with Crippen LogP contribution < -0.4 is 0 Å². The Morgan fingerprint density at radius 2 is 2.09 bits per heavy atom. The first-order valence-corrected chi connectivity index (χ1v) is 8.44. The molecule has 0 amide bonds. The van der Waals surface area contributed by atoms with Gasteiger partial charge in [0.05, 0.1) is 25.0 Å². The van der Waals surface area contributed by atoms with Crippen molar-refractivity contribution in [1.82, 2.24) is 14.1 Å². The molecule has 0 saturated carbocycles. The molecule has 9 heteroatoms. The van der Waals surface area contributed by atoms with E-state index in [0.29, 0.717) is 0 Å². The molecular weight excluding hydrogens is 328 g/mol. The largest absolute Gasteiger partial charge is 0.395 e. The summed E-state index contributed by atoms with van der Waals surface area (Å²) in [6.45, 7) is -0.764. The number of nitrogens with zero attached hydrogens (tertiary/aromatic N) is 3. The molecule has 2 atom stereocenters. The van der Waals surface area contributed by atoms with Gasteiger partial charge in [0.25, 0.3) is 0 Å². The molecule has 0 unspecified atom stereocenters. The molecule has 0 bridgehead atoms. The number of hydrogen-bond donors (Lipinski definition) is 1. The zero-order valence-corrected chi connectivity index (χ0v) is 12.8. The Morgan fingerprint density at radius 3 is 2.78 bits per heavy atom. The molecule has 0 spiro atoms. The van der Waals surface area contributed by atoms with Crippen molar-refractivity contribution in [3.8, 4) is 5.69 Å². The summed E-state index contributed by atoms with van der Waals surface area (Å²) in [6.07, 6.45) is 0.899. The Morgan fingerprint density at radius 1 is 1.35 bits per heavy atom. The molecular formula is C14H15F2N3O3S. The molecule has 1 N–H and O–H groups in total. The Labute approximate surface area is 132 Å². The summed E-state index contributed by atoms with van der Waals surface area (Å²) in [4.78, 5) is -0.173. The van der Waals surface area contributed by atoms with Crippen molar-refractivity contribution in [2.75, 3.05) is 13.2 Å². The quantitative estimate of drug-likeness (QED) is 0.902. The van der Waals surface area contributed by atoms with Crippen LogP contribution in [0.2, 0.25) is 0 Å². The molecule has 0 aliphatic carbocycles. The van der Waals surface area contributed by atoms with Crippen LogP contribution in [-0.2, 0) is 10.0 Å². The third-order valence-electron chi connectivity index (χ3n) is 3.79. The second kappa shape index (κ2) is 5.99. The van der Waals surface area contributed by atoms with Crippen LogP contribution in [0.1, 0.15) is 6.42 Å². The van der Waals surface area contributed by atoms with Crippen LogP contribution in [-0.4, -0.2) is 53.0 Å². The van der Waals surface area contributed by atoms with Gasteiger partial charge in [0.15, 0.2) is 0 Å². The lowest BCUT2D eigenvalue weighted by Crippen LogP contribution is -2.37. The number of aromatic nitrogens is 2. The first kappa shape index (κ1) is 16.0. The zero-order chi connectivity index (χ0) is 16.6. The van der Waals surface area contributed by atoms with E-state index in [4.69, 9.17) is 0 Å². The van der Waals surface area contributed by atoms with Gasteiger partial charge in [0.1, 0.15) is 22.6 Å². The molecule has 6 nitrogen and oxygen atoms in total. The lowest BCUT2D eigenvalue weighted by molar-refractivity contribution is 0.213. The maximum Gasteiger partial charge on any atom is 0.246 e. The van der Waals surface area contributed by atoms with Crippen LogP contribution in [0.4, 0.5) is 8.78 Å². The number of alkyl halides is 1. The number of aliphatic hydroxyl groups is 1. The molecule has 1 aliphatic rings. The highest BCUT2D eigenvalue weighted by atomic mass is 32.2. The molecule has 1 saturated heterocycles. The van der Waals surface area contributed by atoms with Crippen molar-refractivity contribution in [2.24, 2.45) is 0 Å². The summed E-state index contributed by atoms with van der Waals surface area (Å²) < 4.78 is 54.4. The minimum Gasteiger partial charge on any atom is -0.395 e. The molecule has 1 fully saturated rings. The van der Waals surface area contributed by atoms with Gasteiger partial charge in [-0.3, -0.25) is 0 Å². The van der Waals surface area contributed by atoms with E-state index in [-0.39, 0.29) is 23.5 Å². The Hall–Kier alpha value is -1.84. The Balaban J connectivity index is 1.95. The highest BCUT2D eigenvalue weighted by Crippen LogP contribution is 2.28. The van der Waals surface area contributed by atoms with Crippen molar-refractivity contribution < 1.29 is 22.3 Å². The number of sulfonamides is 1. The fraction of sp³-hybridized carbons (Fsp3) is 0.357. The number of para-hydroxylation sites is 1. The second-order valence-electron chi connectivity index (χ2n) is 5.32. The van der Waals surface area contributed by atoms with E-state index in [0.717, 1.165) is 15.2 Å². The Bertz CT molecular complexity index is 809. The normalized spacial score (nSPS) is 22.6. The summed E-state index contributed by atoms with van der Waals surface area (Å²) >= 11 is 0. The van der Waals surface area contributed by atoms with E-state index in [9.17, 15) is 22.3 Å². The van der Waals surface area contributed by atoms with Crippen molar-refractivity contribution in [3.63, 3.8) is 0 Å².